The van der Waals surface area contributed by atoms with Crippen LogP contribution in [0.3, 0.4) is 0 Å². The highest BCUT2D eigenvalue weighted by atomic mass is 35.5. The van der Waals surface area contributed by atoms with Gasteiger partial charge in [-0.2, -0.15) is 5.26 Å². The van der Waals surface area contributed by atoms with Crippen LogP contribution in [0.15, 0.2) is 54.0 Å². The predicted octanol–water partition coefficient (Wildman–Crippen LogP) is 6.40. The number of nitrogens with one attached hydrogen (secondary N) is 1. The average Bonchev–Trinajstić information content (AvgIpc) is 3.05. The first-order valence-corrected chi connectivity index (χ1v) is 9.04. The molecule has 1 heterocycles. The van der Waals surface area contributed by atoms with Crippen LogP contribution in [0.4, 0.5) is 5.69 Å². The van der Waals surface area contributed by atoms with Gasteiger partial charge in [-0.1, -0.05) is 53.0 Å². The molecule has 1 aromatic heterocycles. The van der Waals surface area contributed by atoms with E-state index in [1.807, 2.05) is 36.6 Å². The van der Waals surface area contributed by atoms with E-state index in [9.17, 15) is 5.26 Å². The molecule has 124 valence electrons. The number of hydrogen-bond donors (Lipinski definition) is 1. The second-order valence-corrected chi connectivity index (χ2v) is 7.11. The number of aryl methyl sites for hydroxylation is 1. The number of thiazole rings is 1. The van der Waals surface area contributed by atoms with Crippen LogP contribution >= 0.6 is 34.5 Å². The Bertz CT molecular complexity index is 949. The van der Waals surface area contributed by atoms with Gasteiger partial charge in [0.25, 0.3) is 0 Å². The molecule has 0 amide bonds. The summed E-state index contributed by atoms with van der Waals surface area (Å²) in [6, 6.07) is 15.4. The van der Waals surface area contributed by atoms with Gasteiger partial charge in [-0.25, -0.2) is 4.98 Å². The maximum Gasteiger partial charge on any atom is 0.136 e. The first kappa shape index (κ1) is 17.5. The van der Waals surface area contributed by atoms with Crippen LogP contribution in [0.25, 0.3) is 16.8 Å². The van der Waals surface area contributed by atoms with Crippen LogP contribution in [0.2, 0.25) is 10.0 Å². The highest BCUT2D eigenvalue weighted by Gasteiger charge is 2.09. The minimum absolute atomic E-state index is 0.444. The molecule has 0 aliphatic heterocycles. The van der Waals surface area contributed by atoms with E-state index in [-0.39, 0.29) is 0 Å². The topological polar surface area (TPSA) is 48.7 Å². The molecule has 6 heteroatoms. The molecular formula is C19H13Cl2N3S. The Hall–Kier alpha value is -2.32. The van der Waals surface area contributed by atoms with E-state index in [0.717, 1.165) is 11.3 Å². The van der Waals surface area contributed by atoms with E-state index in [1.54, 1.807) is 24.4 Å². The highest BCUT2D eigenvalue weighted by Crippen LogP contribution is 2.27. The fraction of sp³-hybridized carbons (Fsp3) is 0.0526. The van der Waals surface area contributed by atoms with Gasteiger partial charge in [0, 0.05) is 32.9 Å². The molecule has 0 radical (unpaired) electrons. The lowest BCUT2D eigenvalue weighted by Gasteiger charge is -2.03. The zero-order valence-electron chi connectivity index (χ0n) is 13.3. The molecular weight excluding hydrogens is 373 g/mol. The number of benzene rings is 2. The molecule has 0 unspecified atom stereocenters. The molecule has 0 spiro atoms. The summed E-state index contributed by atoms with van der Waals surface area (Å²) < 4.78 is 0. The van der Waals surface area contributed by atoms with Crippen LogP contribution in [-0.4, -0.2) is 4.98 Å². The van der Waals surface area contributed by atoms with Gasteiger partial charge < -0.3 is 5.32 Å². The number of rotatable bonds is 4. The number of anilines is 1. The molecule has 0 aliphatic rings. The minimum Gasteiger partial charge on any atom is -0.360 e. The summed E-state index contributed by atoms with van der Waals surface area (Å²) >= 11 is 13.4. The highest BCUT2D eigenvalue weighted by molar-refractivity contribution is 7.11. The summed E-state index contributed by atoms with van der Waals surface area (Å²) in [6.07, 6.45) is 1.61. The van der Waals surface area contributed by atoms with Crippen LogP contribution in [-0.2, 0) is 0 Å². The van der Waals surface area contributed by atoms with Gasteiger partial charge in [0.1, 0.15) is 16.6 Å². The van der Waals surface area contributed by atoms with Gasteiger partial charge >= 0.3 is 0 Å². The quantitative estimate of drug-likeness (QED) is 0.528. The predicted molar refractivity (Wildman–Crippen MR) is 106 cm³/mol. The third-order valence-electron chi connectivity index (χ3n) is 3.45. The van der Waals surface area contributed by atoms with Gasteiger partial charge in [0.05, 0.1) is 5.69 Å². The van der Waals surface area contributed by atoms with E-state index in [4.69, 9.17) is 23.2 Å². The summed E-state index contributed by atoms with van der Waals surface area (Å²) in [7, 11) is 0. The summed E-state index contributed by atoms with van der Waals surface area (Å²) in [5.74, 6) is 0. The summed E-state index contributed by atoms with van der Waals surface area (Å²) in [6.45, 7) is 2.04. The van der Waals surface area contributed by atoms with Crippen LogP contribution in [0.1, 0.15) is 10.6 Å². The van der Waals surface area contributed by atoms with Crippen molar-refractivity contribution >= 4 is 45.8 Å². The van der Waals surface area contributed by atoms with Crippen LogP contribution in [0.5, 0.6) is 0 Å². The van der Waals surface area contributed by atoms with Crippen molar-refractivity contribution < 1.29 is 0 Å². The molecule has 25 heavy (non-hydrogen) atoms. The van der Waals surface area contributed by atoms with Gasteiger partial charge in [0.2, 0.25) is 0 Å². The van der Waals surface area contributed by atoms with Crippen molar-refractivity contribution in [2.45, 2.75) is 6.92 Å². The van der Waals surface area contributed by atoms with E-state index >= 15 is 0 Å². The third kappa shape index (κ3) is 4.40. The van der Waals surface area contributed by atoms with Gasteiger partial charge in [-0.3, -0.25) is 0 Å². The SMILES string of the molecule is Cc1ccc(-c2csc(C(C#N)=CNc3cc(Cl)cc(Cl)c3)n2)cc1. The Morgan fingerprint density at radius 3 is 2.48 bits per heavy atom. The summed E-state index contributed by atoms with van der Waals surface area (Å²) in [4.78, 5) is 4.56. The number of hydrogen-bond acceptors (Lipinski definition) is 4. The fourth-order valence-electron chi connectivity index (χ4n) is 2.19. The van der Waals surface area contributed by atoms with Crippen molar-refractivity contribution in [3.63, 3.8) is 0 Å². The first-order chi connectivity index (χ1) is 12.0. The Labute approximate surface area is 160 Å². The Morgan fingerprint density at radius 2 is 1.84 bits per heavy atom. The maximum atomic E-state index is 9.44. The Morgan fingerprint density at radius 1 is 1.16 bits per heavy atom. The van der Waals surface area contributed by atoms with Crippen molar-refractivity contribution in [2.24, 2.45) is 0 Å². The molecule has 0 saturated heterocycles. The van der Waals surface area contributed by atoms with Crippen molar-refractivity contribution in [1.82, 2.24) is 4.98 Å². The normalized spacial score (nSPS) is 11.2. The second kappa shape index (κ2) is 7.71. The largest absolute Gasteiger partial charge is 0.360 e. The Kier molecular flexibility index (Phi) is 5.40. The summed E-state index contributed by atoms with van der Waals surface area (Å²) in [5, 5.41) is 16.1. The number of halogens is 2. The molecule has 0 saturated carbocycles. The molecule has 3 aromatic rings. The molecule has 3 rings (SSSR count). The van der Waals surface area contributed by atoms with Crippen molar-refractivity contribution in [2.75, 3.05) is 5.32 Å². The van der Waals surface area contributed by atoms with E-state index in [2.05, 4.69) is 16.4 Å². The van der Waals surface area contributed by atoms with Gasteiger partial charge in [0.15, 0.2) is 0 Å². The maximum absolute atomic E-state index is 9.44. The van der Waals surface area contributed by atoms with E-state index in [0.29, 0.717) is 26.3 Å². The smallest absolute Gasteiger partial charge is 0.136 e. The molecule has 0 aliphatic carbocycles. The summed E-state index contributed by atoms with van der Waals surface area (Å²) in [5.41, 5.74) is 4.23. The Balaban J connectivity index is 1.84. The lowest BCUT2D eigenvalue weighted by atomic mass is 10.1. The molecule has 3 nitrogen and oxygen atoms in total. The van der Waals surface area contributed by atoms with Crippen LogP contribution in [0, 0.1) is 18.3 Å². The van der Waals surface area contributed by atoms with E-state index in [1.165, 1.54) is 16.9 Å². The lowest BCUT2D eigenvalue weighted by Crippen LogP contribution is -1.91. The third-order valence-corrected chi connectivity index (χ3v) is 4.76. The van der Waals surface area contributed by atoms with E-state index < -0.39 is 0 Å². The molecule has 2 aromatic carbocycles. The second-order valence-electron chi connectivity index (χ2n) is 5.38. The zero-order chi connectivity index (χ0) is 17.8. The number of nitrogens with zero attached hydrogens (tertiary/aromatic N) is 2. The molecule has 0 bridgehead atoms. The first-order valence-electron chi connectivity index (χ1n) is 7.41. The minimum atomic E-state index is 0.444. The van der Waals surface area contributed by atoms with Crippen molar-refractivity contribution in [3.8, 4) is 17.3 Å². The zero-order valence-corrected chi connectivity index (χ0v) is 15.6. The monoisotopic (exact) mass is 385 g/mol. The van der Waals surface area contributed by atoms with Crippen molar-refractivity contribution in [3.05, 3.63) is 74.7 Å². The number of aromatic nitrogens is 1. The number of nitriles is 1. The van der Waals surface area contributed by atoms with Crippen LogP contribution < -0.4 is 5.32 Å². The van der Waals surface area contributed by atoms with Crippen molar-refractivity contribution in [1.29, 1.82) is 5.26 Å². The number of allylic oxidation sites excluding steroid dienone is 1. The standard InChI is InChI=1S/C19H13Cl2N3S/c1-12-2-4-13(5-3-12)18-11-25-19(24-18)14(9-22)10-23-17-7-15(20)6-16(21)8-17/h2-8,10-11,23H,1H3. The molecule has 1 N–H and O–H groups in total. The fourth-order valence-corrected chi connectivity index (χ4v) is 3.51. The molecule has 0 atom stereocenters. The van der Waals surface area contributed by atoms with Gasteiger partial charge in [-0.15, -0.1) is 11.3 Å². The van der Waals surface area contributed by atoms with Gasteiger partial charge in [-0.05, 0) is 25.1 Å². The molecule has 0 fully saturated rings. The lowest BCUT2D eigenvalue weighted by molar-refractivity contribution is 1.36. The average molecular weight is 386 g/mol.